The summed E-state index contributed by atoms with van der Waals surface area (Å²) in [6, 6.07) is 9.01. The molecule has 3 aromatic rings. The Bertz CT molecular complexity index is 875. The molecule has 0 aliphatic rings. The quantitative estimate of drug-likeness (QED) is 0.626. The molecule has 1 atom stereocenters. The lowest BCUT2D eigenvalue weighted by molar-refractivity contribution is -0.115. The molecule has 136 valence electrons. The van der Waals surface area contributed by atoms with E-state index < -0.39 is 5.25 Å². The second-order valence-electron chi connectivity index (χ2n) is 5.40. The molecule has 0 fully saturated rings. The highest BCUT2D eigenvalue weighted by Gasteiger charge is 2.20. The number of nitrogens with zero attached hydrogens (tertiary/aromatic N) is 3. The van der Waals surface area contributed by atoms with Crippen LogP contribution in [0.5, 0.6) is 5.75 Å². The molecule has 1 aromatic carbocycles. The van der Waals surface area contributed by atoms with Gasteiger partial charge in [0.25, 0.3) is 5.22 Å². The minimum Gasteiger partial charge on any atom is -0.494 e. The number of nitrogens with one attached hydrogen (secondary N) is 1. The second kappa shape index (κ2) is 8.05. The number of hydrogen-bond acceptors (Lipinski definition) is 8. The third-order valence-corrected chi connectivity index (χ3v) is 4.28. The van der Waals surface area contributed by atoms with Crippen molar-refractivity contribution in [1.29, 1.82) is 0 Å². The van der Waals surface area contributed by atoms with Crippen LogP contribution in [0.4, 0.5) is 5.82 Å². The minimum absolute atomic E-state index is 0.232. The molecule has 0 aliphatic carbocycles. The Morgan fingerprint density at radius 2 is 2.08 bits per heavy atom. The van der Waals surface area contributed by atoms with Crippen LogP contribution in [-0.2, 0) is 4.79 Å². The van der Waals surface area contributed by atoms with Crippen LogP contribution in [-0.4, -0.2) is 33.1 Å². The highest BCUT2D eigenvalue weighted by Crippen LogP contribution is 2.27. The van der Waals surface area contributed by atoms with Gasteiger partial charge in [0, 0.05) is 11.6 Å². The van der Waals surface area contributed by atoms with Crippen LogP contribution in [0.1, 0.15) is 19.6 Å². The standard InChI is InChI=1S/C17H18N4O4S/c1-4-23-13-7-5-12(6-8-13)16-19-20-17(24-16)26-11(3)15(22)18-14-9-10(2)25-21-14/h5-9,11H,4H2,1-3H3,(H,18,21,22)/t11-/m1/s1. The summed E-state index contributed by atoms with van der Waals surface area (Å²) >= 11 is 1.17. The van der Waals surface area contributed by atoms with E-state index in [0.29, 0.717) is 29.3 Å². The van der Waals surface area contributed by atoms with Crippen LogP contribution in [0.15, 0.2) is 44.5 Å². The molecular weight excluding hydrogens is 356 g/mol. The van der Waals surface area contributed by atoms with Gasteiger partial charge in [-0.05, 0) is 45.0 Å². The smallest absolute Gasteiger partial charge is 0.277 e. The van der Waals surface area contributed by atoms with Crippen LogP contribution in [0.3, 0.4) is 0 Å². The second-order valence-corrected chi connectivity index (χ2v) is 6.69. The molecule has 0 unspecified atom stereocenters. The van der Waals surface area contributed by atoms with Gasteiger partial charge in [0.15, 0.2) is 5.82 Å². The summed E-state index contributed by atoms with van der Waals surface area (Å²) in [6.45, 7) is 6.03. The van der Waals surface area contributed by atoms with Crippen molar-refractivity contribution < 1.29 is 18.5 Å². The maximum atomic E-state index is 12.2. The first kappa shape index (κ1) is 18.0. The van der Waals surface area contributed by atoms with Crippen LogP contribution >= 0.6 is 11.8 Å². The van der Waals surface area contributed by atoms with Crippen LogP contribution in [0.2, 0.25) is 0 Å². The van der Waals surface area contributed by atoms with Gasteiger partial charge in [-0.2, -0.15) is 0 Å². The predicted molar refractivity (Wildman–Crippen MR) is 96.1 cm³/mol. The molecule has 9 heteroatoms. The van der Waals surface area contributed by atoms with Gasteiger partial charge in [0.05, 0.1) is 11.9 Å². The van der Waals surface area contributed by atoms with E-state index in [2.05, 4.69) is 20.7 Å². The van der Waals surface area contributed by atoms with Gasteiger partial charge < -0.3 is 19.0 Å². The first-order chi connectivity index (χ1) is 12.5. The molecule has 0 spiro atoms. The molecule has 3 rings (SSSR count). The Labute approximate surface area is 154 Å². The van der Waals surface area contributed by atoms with Gasteiger partial charge in [-0.25, -0.2) is 0 Å². The highest BCUT2D eigenvalue weighted by atomic mass is 32.2. The van der Waals surface area contributed by atoms with Crippen molar-refractivity contribution in [1.82, 2.24) is 15.4 Å². The van der Waals surface area contributed by atoms with E-state index in [0.717, 1.165) is 11.3 Å². The van der Waals surface area contributed by atoms with E-state index in [9.17, 15) is 4.79 Å². The molecule has 0 saturated heterocycles. The molecule has 2 aromatic heterocycles. The normalized spacial score (nSPS) is 12.0. The third kappa shape index (κ3) is 4.42. The molecule has 1 amide bonds. The summed E-state index contributed by atoms with van der Waals surface area (Å²) in [5, 5.41) is 14.3. The zero-order valence-electron chi connectivity index (χ0n) is 14.6. The van der Waals surface area contributed by atoms with Crippen LogP contribution in [0.25, 0.3) is 11.5 Å². The van der Waals surface area contributed by atoms with Gasteiger partial charge in [0.1, 0.15) is 11.5 Å². The summed E-state index contributed by atoms with van der Waals surface area (Å²) in [6.07, 6.45) is 0. The van der Waals surface area contributed by atoms with Gasteiger partial charge >= 0.3 is 0 Å². The summed E-state index contributed by atoms with van der Waals surface area (Å²) in [5.74, 6) is 1.93. The maximum absolute atomic E-state index is 12.2. The van der Waals surface area contributed by atoms with Crippen LogP contribution in [0, 0.1) is 6.92 Å². The Hall–Kier alpha value is -2.81. The SMILES string of the molecule is CCOc1ccc(-c2nnc(S[C@H](C)C(=O)Nc3cc(C)on3)o2)cc1. The lowest BCUT2D eigenvalue weighted by Crippen LogP contribution is -2.22. The Morgan fingerprint density at radius 3 is 2.73 bits per heavy atom. The van der Waals surface area contributed by atoms with Gasteiger partial charge in [-0.1, -0.05) is 16.9 Å². The molecule has 2 heterocycles. The summed E-state index contributed by atoms with van der Waals surface area (Å²) in [7, 11) is 0. The van der Waals surface area contributed by atoms with E-state index in [1.54, 1.807) is 19.9 Å². The molecular formula is C17H18N4O4S. The van der Waals surface area contributed by atoms with Crippen molar-refractivity contribution in [3.63, 3.8) is 0 Å². The lowest BCUT2D eigenvalue weighted by Gasteiger charge is -2.06. The number of rotatable bonds is 7. The number of carbonyl (C=O) groups is 1. The molecule has 0 radical (unpaired) electrons. The van der Waals surface area contributed by atoms with E-state index in [4.69, 9.17) is 13.7 Å². The summed E-state index contributed by atoms with van der Waals surface area (Å²) < 4.78 is 16.0. The topological polar surface area (TPSA) is 103 Å². The number of carbonyl (C=O) groups excluding carboxylic acids is 1. The lowest BCUT2D eigenvalue weighted by atomic mass is 10.2. The first-order valence-electron chi connectivity index (χ1n) is 8.02. The molecule has 0 saturated carbocycles. The Morgan fingerprint density at radius 1 is 1.31 bits per heavy atom. The third-order valence-electron chi connectivity index (χ3n) is 3.34. The zero-order chi connectivity index (χ0) is 18.5. The largest absolute Gasteiger partial charge is 0.494 e. The van der Waals surface area contributed by atoms with Crippen molar-refractivity contribution in [3.8, 4) is 17.2 Å². The van der Waals surface area contributed by atoms with Gasteiger partial charge in [-0.15, -0.1) is 10.2 Å². The fourth-order valence-corrected chi connectivity index (χ4v) is 2.78. The first-order valence-corrected chi connectivity index (χ1v) is 8.90. The molecule has 1 N–H and O–H groups in total. The predicted octanol–water partition coefficient (Wildman–Crippen LogP) is 3.55. The van der Waals surface area contributed by atoms with Crippen molar-refractivity contribution in [2.75, 3.05) is 11.9 Å². The summed E-state index contributed by atoms with van der Waals surface area (Å²) in [5.41, 5.74) is 0.781. The van der Waals surface area contributed by atoms with E-state index in [1.165, 1.54) is 11.8 Å². The molecule has 0 aliphatic heterocycles. The van der Waals surface area contributed by atoms with Crippen molar-refractivity contribution in [2.24, 2.45) is 0 Å². The molecule has 0 bridgehead atoms. The Kier molecular flexibility index (Phi) is 5.57. The van der Waals surface area contributed by atoms with Crippen LogP contribution < -0.4 is 10.1 Å². The van der Waals surface area contributed by atoms with E-state index >= 15 is 0 Å². The van der Waals surface area contributed by atoms with Crippen molar-refractivity contribution >= 4 is 23.5 Å². The zero-order valence-corrected chi connectivity index (χ0v) is 15.4. The highest BCUT2D eigenvalue weighted by molar-refractivity contribution is 8.00. The number of benzene rings is 1. The number of aryl methyl sites for hydroxylation is 1. The number of aromatic nitrogens is 3. The van der Waals surface area contributed by atoms with Gasteiger partial charge in [0.2, 0.25) is 11.8 Å². The Balaban J connectivity index is 1.61. The average molecular weight is 374 g/mol. The molecule has 26 heavy (non-hydrogen) atoms. The maximum Gasteiger partial charge on any atom is 0.277 e. The number of amides is 1. The monoisotopic (exact) mass is 374 g/mol. The average Bonchev–Trinajstić information content (AvgIpc) is 3.25. The number of hydrogen-bond donors (Lipinski definition) is 1. The van der Waals surface area contributed by atoms with E-state index in [-0.39, 0.29) is 5.91 Å². The fraction of sp³-hybridized carbons (Fsp3) is 0.294. The number of anilines is 1. The number of thioether (sulfide) groups is 1. The number of ether oxygens (including phenoxy) is 1. The van der Waals surface area contributed by atoms with Crippen molar-refractivity contribution in [3.05, 3.63) is 36.1 Å². The minimum atomic E-state index is -0.444. The van der Waals surface area contributed by atoms with E-state index in [1.807, 2.05) is 31.2 Å². The van der Waals surface area contributed by atoms with Gasteiger partial charge in [-0.3, -0.25) is 4.79 Å². The van der Waals surface area contributed by atoms with Crippen molar-refractivity contribution in [2.45, 2.75) is 31.2 Å². The molecule has 8 nitrogen and oxygen atoms in total. The fourth-order valence-electron chi connectivity index (χ4n) is 2.09. The summed E-state index contributed by atoms with van der Waals surface area (Å²) in [4.78, 5) is 12.2.